The van der Waals surface area contributed by atoms with Crippen LogP contribution in [0, 0.1) is 6.42 Å². The molecule has 0 aliphatic heterocycles. The molecule has 1 rings (SSSR count). The van der Waals surface area contributed by atoms with Crippen LogP contribution in [0.25, 0.3) is 0 Å². The van der Waals surface area contributed by atoms with Crippen LogP contribution in [0.2, 0.25) is 0 Å². The lowest BCUT2D eigenvalue weighted by atomic mass is 10.2. The maximum atomic E-state index is 2.25. The van der Waals surface area contributed by atoms with Crippen molar-refractivity contribution in [2.24, 2.45) is 0 Å². The van der Waals surface area contributed by atoms with Gasteiger partial charge in [-0.15, -0.1) is 0 Å². The molecule has 0 spiro atoms. The van der Waals surface area contributed by atoms with Gasteiger partial charge in [0.2, 0.25) is 0 Å². The molecule has 1 radical (unpaired) electrons. The van der Waals surface area contributed by atoms with Crippen LogP contribution in [0.1, 0.15) is 25.7 Å². The highest BCUT2D eigenvalue weighted by atomic mass is 13.9. The zero-order valence-electron chi connectivity index (χ0n) is 8.02. The fraction of sp³-hybridized carbons (Fsp3) is 0.308. The number of hydrogen-bond donors (Lipinski definition) is 0. The van der Waals surface area contributed by atoms with Gasteiger partial charge in [-0.2, -0.15) is 0 Å². The van der Waals surface area contributed by atoms with Gasteiger partial charge in [0.15, 0.2) is 0 Å². The molecule has 0 amide bonds. The lowest BCUT2D eigenvalue weighted by molar-refractivity contribution is 1.03. The zero-order chi connectivity index (χ0) is 9.19. The monoisotopic (exact) mass is 173 g/mol. The highest BCUT2D eigenvalue weighted by Crippen LogP contribution is 1.99. The van der Waals surface area contributed by atoms with Crippen molar-refractivity contribution in [3.63, 3.8) is 0 Å². The highest BCUT2D eigenvalue weighted by Gasteiger charge is 1.80. The largest absolute Gasteiger partial charge is 0.0882 e. The van der Waals surface area contributed by atoms with Crippen molar-refractivity contribution in [3.05, 3.63) is 55.0 Å². The second kappa shape index (κ2) is 7.60. The van der Waals surface area contributed by atoms with Crippen LogP contribution in [0.3, 0.4) is 0 Å². The van der Waals surface area contributed by atoms with Crippen LogP contribution in [-0.2, 0) is 0 Å². The summed E-state index contributed by atoms with van der Waals surface area (Å²) in [6.45, 7) is 0. The van der Waals surface area contributed by atoms with Crippen molar-refractivity contribution in [1.29, 1.82) is 0 Å². The van der Waals surface area contributed by atoms with Gasteiger partial charge in [0, 0.05) is 0 Å². The van der Waals surface area contributed by atoms with Crippen LogP contribution in [0.5, 0.6) is 0 Å². The summed E-state index contributed by atoms with van der Waals surface area (Å²) in [5.74, 6) is 0. The molecule has 0 saturated carbocycles. The minimum absolute atomic E-state index is 1.05. The third-order valence-corrected chi connectivity index (χ3v) is 1.87. The quantitative estimate of drug-likeness (QED) is 0.486. The normalized spacial score (nSPS) is 28.9. The van der Waals surface area contributed by atoms with Gasteiger partial charge in [-0.3, -0.25) is 0 Å². The predicted molar refractivity (Wildman–Crippen MR) is 59.3 cm³/mol. The molecule has 1 aliphatic carbocycles. The molecule has 0 fully saturated rings. The Morgan fingerprint density at radius 3 is 2.15 bits per heavy atom. The van der Waals surface area contributed by atoms with E-state index < -0.39 is 0 Å². The van der Waals surface area contributed by atoms with Crippen molar-refractivity contribution in [1.82, 2.24) is 0 Å². The van der Waals surface area contributed by atoms with Gasteiger partial charge in [-0.1, -0.05) is 48.6 Å². The maximum Gasteiger partial charge on any atom is -0.0130 e. The van der Waals surface area contributed by atoms with E-state index in [4.69, 9.17) is 0 Å². The van der Waals surface area contributed by atoms with Gasteiger partial charge in [0.05, 0.1) is 0 Å². The fourth-order valence-corrected chi connectivity index (χ4v) is 1.16. The predicted octanol–water partition coefficient (Wildman–Crippen LogP) is 3.99. The second-order valence-corrected chi connectivity index (χ2v) is 3.04. The summed E-state index contributed by atoms with van der Waals surface area (Å²) in [5.41, 5.74) is 0. The molecule has 0 N–H and O–H groups in total. The van der Waals surface area contributed by atoms with E-state index in [-0.39, 0.29) is 0 Å². The van der Waals surface area contributed by atoms with Crippen LogP contribution in [-0.4, -0.2) is 0 Å². The summed E-state index contributed by atoms with van der Waals surface area (Å²) >= 11 is 0. The summed E-state index contributed by atoms with van der Waals surface area (Å²) in [4.78, 5) is 0. The molecule has 13 heavy (non-hydrogen) atoms. The molecule has 0 unspecified atom stereocenters. The fourth-order valence-electron chi connectivity index (χ4n) is 1.16. The molecule has 0 bridgehead atoms. The minimum Gasteiger partial charge on any atom is -0.0882 e. The molecule has 0 aromatic carbocycles. The second-order valence-electron chi connectivity index (χ2n) is 3.04. The molecule has 0 aromatic heterocycles. The standard InChI is InChI=1S/C13H17/c1-2-4-6-8-10-12-13-11-9-7-5-3-1/h1-5,8-11H,6-7,12-13H2/b2-1+,5-3+,10-8+,11-9-. The number of hydrogen-bond acceptors (Lipinski definition) is 0. The average molecular weight is 173 g/mol. The van der Waals surface area contributed by atoms with E-state index in [9.17, 15) is 0 Å². The molecular formula is C13H17. The Hall–Kier alpha value is -1.04. The van der Waals surface area contributed by atoms with Crippen molar-refractivity contribution in [2.45, 2.75) is 25.7 Å². The molecule has 0 nitrogen and oxygen atoms in total. The Morgan fingerprint density at radius 2 is 1.31 bits per heavy atom. The van der Waals surface area contributed by atoms with E-state index in [1.165, 1.54) is 0 Å². The van der Waals surface area contributed by atoms with Crippen LogP contribution in [0.4, 0.5) is 0 Å². The SMILES string of the molecule is [CH]1/C=C/C=C/C/C=C\CC/C=C/C1. The molecule has 0 atom stereocenters. The zero-order valence-corrected chi connectivity index (χ0v) is 8.02. The van der Waals surface area contributed by atoms with Gasteiger partial charge in [-0.05, 0) is 32.1 Å². The van der Waals surface area contributed by atoms with Crippen molar-refractivity contribution < 1.29 is 0 Å². The minimum atomic E-state index is 1.05. The topological polar surface area (TPSA) is 0 Å². The Labute approximate surface area is 81.4 Å². The van der Waals surface area contributed by atoms with E-state index in [2.05, 4.69) is 55.0 Å². The average Bonchev–Trinajstić information content (AvgIpc) is 2.18. The summed E-state index contributed by atoms with van der Waals surface area (Å²) in [7, 11) is 0. The van der Waals surface area contributed by atoms with Gasteiger partial charge < -0.3 is 0 Å². The van der Waals surface area contributed by atoms with E-state index in [0.29, 0.717) is 0 Å². The molecule has 1 aliphatic rings. The van der Waals surface area contributed by atoms with Gasteiger partial charge in [0.25, 0.3) is 0 Å². The van der Waals surface area contributed by atoms with Crippen LogP contribution in [0.15, 0.2) is 48.6 Å². The van der Waals surface area contributed by atoms with E-state index >= 15 is 0 Å². The molecule has 0 heteroatoms. The number of rotatable bonds is 0. The van der Waals surface area contributed by atoms with Crippen LogP contribution >= 0.6 is 0 Å². The van der Waals surface area contributed by atoms with Crippen molar-refractivity contribution in [2.75, 3.05) is 0 Å². The summed E-state index contributed by atoms with van der Waals surface area (Å²) in [5, 5.41) is 0. The summed E-state index contributed by atoms with van der Waals surface area (Å²) < 4.78 is 0. The Morgan fingerprint density at radius 1 is 0.538 bits per heavy atom. The van der Waals surface area contributed by atoms with Gasteiger partial charge >= 0.3 is 0 Å². The molecule has 69 valence electrons. The Bertz CT molecular complexity index is 216. The van der Waals surface area contributed by atoms with E-state index in [1.807, 2.05) is 0 Å². The maximum absolute atomic E-state index is 2.25. The van der Waals surface area contributed by atoms with Crippen molar-refractivity contribution in [3.8, 4) is 0 Å². The Kier molecular flexibility index (Phi) is 5.87. The first-order chi connectivity index (χ1) is 6.50. The van der Waals surface area contributed by atoms with E-state index in [0.717, 1.165) is 25.7 Å². The molecule has 0 aromatic rings. The first kappa shape index (κ1) is 10.0. The molecule has 0 heterocycles. The smallest absolute Gasteiger partial charge is 0.0130 e. The number of allylic oxidation sites excluding steroid dienone is 8. The molecular weight excluding hydrogens is 156 g/mol. The lowest BCUT2D eigenvalue weighted by Crippen LogP contribution is -1.67. The molecule has 0 saturated heterocycles. The first-order valence-corrected chi connectivity index (χ1v) is 4.95. The first-order valence-electron chi connectivity index (χ1n) is 4.95. The van der Waals surface area contributed by atoms with Crippen molar-refractivity contribution >= 4 is 0 Å². The Balaban J connectivity index is 2.38. The van der Waals surface area contributed by atoms with Gasteiger partial charge in [0.1, 0.15) is 0 Å². The van der Waals surface area contributed by atoms with Crippen LogP contribution < -0.4 is 0 Å². The third-order valence-electron chi connectivity index (χ3n) is 1.87. The summed E-state index contributed by atoms with van der Waals surface area (Å²) in [6.07, 6.45) is 24.0. The summed E-state index contributed by atoms with van der Waals surface area (Å²) in [6, 6.07) is 0. The van der Waals surface area contributed by atoms with E-state index in [1.54, 1.807) is 0 Å². The third kappa shape index (κ3) is 6.15. The van der Waals surface area contributed by atoms with Gasteiger partial charge in [-0.25, -0.2) is 0 Å². The lowest BCUT2D eigenvalue weighted by Gasteiger charge is -1.86. The highest BCUT2D eigenvalue weighted by molar-refractivity contribution is 5.10.